The fourth-order valence-corrected chi connectivity index (χ4v) is 4.17. The van der Waals surface area contributed by atoms with Crippen molar-refractivity contribution in [2.24, 2.45) is 0 Å². The summed E-state index contributed by atoms with van der Waals surface area (Å²) in [4.78, 5) is 17.5. The molecule has 0 atom stereocenters. The molecule has 3 aromatic carbocycles. The highest BCUT2D eigenvalue weighted by Crippen LogP contribution is 2.34. The van der Waals surface area contributed by atoms with Gasteiger partial charge in [-0.05, 0) is 42.5 Å². The van der Waals surface area contributed by atoms with Crippen molar-refractivity contribution < 1.29 is 9.18 Å². The second-order valence-electron chi connectivity index (χ2n) is 6.58. The van der Waals surface area contributed by atoms with Gasteiger partial charge in [0.2, 0.25) is 0 Å². The van der Waals surface area contributed by atoms with E-state index in [0.717, 1.165) is 20.8 Å². The maximum atomic E-state index is 14.0. The predicted octanol–water partition coefficient (Wildman–Crippen LogP) is 5.54. The lowest BCUT2D eigenvalue weighted by Gasteiger charge is -2.08. The van der Waals surface area contributed by atoms with Crippen LogP contribution in [0, 0.1) is 5.82 Å². The molecule has 5 aromatic rings. The zero-order valence-corrected chi connectivity index (χ0v) is 16.4. The van der Waals surface area contributed by atoms with Crippen LogP contribution in [0.4, 0.5) is 10.1 Å². The average molecular weight is 414 g/mol. The number of nitrogens with zero attached hydrogens (tertiary/aromatic N) is 3. The smallest absolute Gasteiger partial charge is 0.276 e. The van der Waals surface area contributed by atoms with Gasteiger partial charge in [-0.15, -0.1) is 11.3 Å². The molecular weight excluding hydrogens is 399 g/mol. The van der Waals surface area contributed by atoms with Gasteiger partial charge < -0.3 is 5.32 Å². The Balaban J connectivity index is 1.44. The summed E-state index contributed by atoms with van der Waals surface area (Å²) in [7, 11) is 0. The quantitative estimate of drug-likeness (QED) is 0.420. The summed E-state index contributed by atoms with van der Waals surface area (Å²) in [5.74, 6) is -0.785. The number of rotatable bonds is 4. The first-order valence-corrected chi connectivity index (χ1v) is 10.1. The van der Waals surface area contributed by atoms with E-state index in [-0.39, 0.29) is 17.3 Å². The Kier molecular flexibility index (Phi) is 4.57. The number of anilines is 1. The van der Waals surface area contributed by atoms with Crippen LogP contribution in [0.15, 0.2) is 85.1 Å². The van der Waals surface area contributed by atoms with E-state index in [1.54, 1.807) is 41.8 Å². The average Bonchev–Trinajstić information content (AvgIpc) is 3.42. The van der Waals surface area contributed by atoms with E-state index in [1.807, 2.05) is 48.5 Å². The standard InChI is InChI=1S/C23H15FN4OS/c24-16-8-2-5-11-20(16)28-14-13-19(27-28)22(29)25-17-9-3-1-7-15(17)23-26-18-10-4-6-12-21(18)30-23/h1-14H,(H,25,29). The number of carbonyl (C=O) groups excluding carboxylic acids is 1. The molecule has 30 heavy (non-hydrogen) atoms. The molecule has 0 unspecified atom stereocenters. The number of thiazole rings is 1. The van der Waals surface area contributed by atoms with Crippen molar-refractivity contribution in [3.63, 3.8) is 0 Å². The minimum atomic E-state index is -0.409. The second-order valence-corrected chi connectivity index (χ2v) is 7.61. The lowest BCUT2D eigenvalue weighted by Crippen LogP contribution is -2.14. The Morgan fingerprint density at radius 2 is 1.70 bits per heavy atom. The molecule has 2 heterocycles. The molecule has 5 rings (SSSR count). The number of carbonyl (C=O) groups is 1. The first kappa shape index (κ1) is 18.2. The molecule has 0 radical (unpaired) electrons. The number of hydrogen-bond donors (Lipinski definition) is 1. The van der Waals surface area contributed by atoms with E-state index in [1.165, 1.54) is 10.7 Å². The number of amides is 1. The molecule has 0 aliphatic carbocycles. The minimum absolute atomic E-state index is 0.192. The Hall–Kier alpha value is -3.84. The molecule has 0 spiro atoms. The van der Waals surface area contributed by atoms with E-state index in [4.69, 9.17) is 0 Å². The Labute approximate surface area is 175 Å². The first-order chi connectivity index (χ1) is 14.7. The summed E-state index contributed by atoms with van der Waals surface area (Å²) in [6.45, 7) is 0. The number of nitrogens with one attached hydrogen (secondary N) is 1. The summed E-state index contributed by atoms with van der Waals surface area (Å²) >= 11 is 1.57. The van der Waals surface area contributed by atoms with Gasteiger partial charge in [0.25, 0.3) is 5.91 Å². The van der Waals surface area contributed by atoms with E-state index in [0.29, 0.717) is 5.69 Å². The lowest BCUT2D eigenvalue weighted by atomic mass is 10.2. The highest BCUT2D eigenvalue weighted by Gasteiger charge is 2.16. The summed E-state index contributed by atoms with van der Waals surface area (Å²) in [6.07, 6.45) is 1.56. The van der Waals surface area contributed by atoms with Crippen molar-refractivity contribution in [3.05, 3.63) is 96.6 Å². The molecule has 0 saturated carbocycles. The van der Waals surface area contributed by atoms with E-state index >= 15 is 0 Å². The number of hydrogen-bond acceptors (Lipinski definition) is 4. The maximum absolute atomic E-state index is 14.0. The summed E-state index contributed by atoms with van der Waals surface area (Å²) in [5.41, 5.74) is 2.87. The zero-order chi connectivity index (χ0) is 20.5. The molecule has 7 heteroatoms. The van der Waals surface area contributed by atoms with Crippen LogP contribution in [0.2, 0.25) is 0 Å². The van der Waals surface area contributed by atoms with Crippen molar-refractivity contribution in [2.75, 3.05) is 5.32 Å². The summed E-state index contributed by atoms with van der Waals surface area (Å²) in [6, 6.07) is 23.3. The van der Waals surface area contributed by atoms with Gasteiger partial charge in [-0.25, -0.2) is 14.1 Å². The number of halogens is 1. The fraction of sp³-hybridized carbons (Fsp3) is 0. The fourth-order valence-electron chi connectivity index (χ4n) is 3.17. The van der Waals surface area contributed by atoms with Crippen LogP contribution in [0.25, 0.3) is 26.5 Å². The van der Waals surface area contributed by atoms with Crippen LogP contribution in [0.1, 0.15) is 10.5 Å². The van der Waals surface area contributed by atoms with Crippen molar-refractivity contribution in [1.29, 1.82) is 0 Å². The van der Waals surface area contributed by atoms with Crippen LogP contribution in [0.5, 0.6) is 0 Å². The molecule has 146 valence electrons. The number of fused-ring (bicyclic) bond motifs is 1. The van der Waals surface area contributed by atoms with Gasteiger partial charge in [-0.3, -0.25) is 4.79 Å². The summed E-state index contributed by atoms with van der Waals surface area (Å²) < 4.78 is 16.4. The van der Waals surface area contributed by atoms with Crippen LogP contribution in [-0.4, -0.2) is 20.7 Å². The van der Waals surface area contributed by atoms with Gasteiger partial charge in [0.15, 0.2) is 5.69 Å². The molecule has 1 N–H and O–H groups in total. The highest BCUT2D eigenvalue weighted by molar-refractivity contribution is 7.21. The maximum Gasteiger partial charge on any atom is 0.276 e. The molecule has 1 amide bonds. The normalized spacial score (nSPS) is 11.0. The Morgan fingerprint density at radius 3 is 2.57 bits per heavy atom. The van der Waals surface area contributed by atoms with Crippen LogP contribution >= 0.6 is 11.3 Å². The summed E-state index contributed by atoms with van der Waals surface area (Å²) in [5, 5.41) is 7.96. The third-order valence-corrected chi connectivity index (χ3v) is 5.69. The topological polar surface area (TPSA) is 59.8 Å². The molecule has 0 fully saturated rings. The van der Waals surface area contributed by atoms with Gasteiger partial charge in [0, 0.05) is 11.8 Å². The van der Waals surface area contributed by atoms with E-state index in [9.17, 15) is 9.18 Å². The van der Waals surface area contributed by atoms with Crippen molar-refractivity contribution in [3.8, 4) is 16.3 Å². The van der Waals surface area contributed by atoms with Crippen molar-refractivity contribution in [1.82, 2.24) is 14.8 Å². The highest BCUT2D eigenvalue weighted by atomic mass is 32.1. The Bertz CT molecular complexity index is 1340. The predicted molar refractivity (Wildman–Crippen MR) is 117 cm³/mol. The zero-order valence-electron chi connectivity index (χ0n) is 15.6. The van der Waals surface area contributed by atoms with Gasteiger partial charge in [0.05, 0.1) is 15.9 Å². The van der Waals surface area contributed by atoms with Crippen LogP contribution < -0.4 is 5.32 Å². The number of para-hydroxylation sites is 3. The van der Waals surface area contributed by atoms with E-state index < -0.39 is 5.82 Å². The van der Waals surface area contributed by atoms with Gasteiger partial charge >= 0.3 is 0 Å². The molecular formula is C23H15FN4OS. The lowest BCUT2D eigenvalue weighted by molar-refractivity contribution is 0.102. The third kappa shape index (κ3) is 3.35. The minimum Gasteiger partial charge on any atom is -0.320 e. The monoisotopic (exact) mass is 414 g/mol. The van der Waals surface area contributed by atoms with Crippen LogP contribution in [0.3, 0.4) is 0 Å². The number of benzene rings is 3. The molecule has 0 saturated heterocycles. The Morgan fingerprint density at radius 1 is 0.933 bits per heavy atom. The van der Waals surface area contributed by atoms with Gasteiger partial charge in [-0.2, -0.15) is 5.10 Å². The van der Waals surface area contributed by atoms with Crippen LogP contribution in [-0.2, 0) is 0 Å². The van der Waals surface area contributed by atoms with E-state index in [2.05, 4.69) is 15.4 Å². The van der Waals surface area contributed by atoms with Gasteiger partial charge in [-0.1, -0.05) is 36.4 Å². The van der Waals surface area contributed by atoms with Crippen molar-refractivity contribution >= 4 is 33.1 Å². The molecule has 2 aromatic heterocycles. The molecule has 5 nitrogen and oxygen atoms in total. The SMILES string of the molecule is O=C(Nc1ccccc1-c1nc2ccccc2s1)c1ccn(-c2ccccc2F)n1. The van der Waals surface area contributed by atoms with Crippen molar-refractivity contribution in [2.45, 2.75) is 0 Å². The second kappa shape index (κ2) is 7.53. The first-order valence-electron chi connectivity index (χ1n) is 9.26. The number of aromatic nitrogens is 3. The largest absolute Gasteiger partial charge is 0.320 e. The molecule has 0 bridgehead atoms. The third-order valence-electron chi connectivity index (χ3n) is 4.62. The molecule has 0 aliphatic rings. The van der Waals surface area contributed by atoms with Gasteiger partial charge in [0.1, 0.15) is 16.5 Å². The molecule has 0 aliphatic heterocycles.